The van der Waals surface area contributed by atoms with Crippen LogP contribution in [0.1, 0.15) is 20.3 Å². The van der Waals surface area contributed by atoms with Crippen LogP contribution in [0.4, 0.5) is 0 Å². The Hall–Kier alpha value is -0.580. The van der Waals surface area contributed by atoms with Crippen molar-refractivity contribution in [3.05, 3.63) is 0 Å². The molecule has 0 bridgehead atoms. The number of carbonyl (C=O) groups is 2. The van der Waals surface area contributed by atoms with Gasteiger partial charge < -0.3 is 10.2 Å². The van der Waals surface area contributed by atoms with E-state index in [1.165, 1.54) is 0 Å². The summed E-state index contributed by atoms with van der Waals surface area (Å²) in [5.41, 5.74) is 0. The minimum absolute atomic E-state index is 0.00454. The van der Waals surface area contributed by atoms with Crippen molar-refractivity contribution in [3.63, 3.8) is 0 Å². The summed E-state index contributed by atoms with van der Waals surface area (Å²) in [7, 11) is 1.74. The second-order valence-electron chi connectivity index (χ2n) is 4.05. The molecule has 1 saturated heterocycles. The van der Waals surface area contributed by atoms with E-state index in [-0.39, 0.29) is 17.9 Å². The molecule has 2 amide bonds. The molecule has 1 heterocycles. The van der Waals surface area contributed by atoms with Crippen molar-refractivity contribution >= 4 is 27.7 Å². The van der Waals surface area contributed by atoms with E-state index in [1.807, 2.05) is 0 Å². The molecule has 0 saturated carbocycles. The van der Waals surface area contributed by atoms with Crippen molar-refractivity contribution in [1.82, 2.24) is 10.2 Å². The monoisotopic (exact) mass is 262 g/mol. The minimum Gasteiger partial charge on any atom is -0.344 e. The van der Waals surface area contributed by atoms with Gasteiger partial charge in [-0.15, -0.1) is 0 Å². The average molecular weight is 263 g/mol. The Balaban J connectivity index is 2.54. The number of carbonyl (C=O) groups excluding carboxylic acids is 2. The Labute approximate surface area is 92.2 Å². The van der Waals surface area contributed by atoms with Crippen LogP contribution in [-0.4, -0.2) is 40.7 Å². The molecule has 14 heavy (non-hydrogen) atoms. The smallest absolute Gasteiger partial charge is 0.244 e. The fourth-order valence-corrected chi connectivity index (χ4v) is 1.40. The van der Waals surface area contributed by atoms with Gasteiger partial charge in [-0.25, -0.2) is 0 Å². The van der Waals surface area contributed by atoms with E-state index in [4.69, 9.17) is 0 Å². The molecule has 5 heteroatoms. The fourth-order valence-electron chi connectivity index (χ4n) is 1.29. The maximum Gasteiger partial charge on any atom is 0.244 e. The zero-order chi connectivity index (χ0) is 10.9. The quantitative estimate of drug-likeness (QED) is 0.738. The number of hydrogen-bond donors (Lipinski definition) is 1. The van der Waals surface area contributed by atoms with Gasteiger partial charge in [0.25, 0.3) is 0 Å². The molecular formula is C9H15BrN2O2. The Morgan fingerprint density at radius 3 is 2.57 bits per heavy atom. The lowest BCUT2D eigenvalue weighted by molar-refractivity contribution is -0.132. The Kier molecular flexibility index (Phi) is 3.19. The van der Waals surface area contributed by atoms with Crippen LogP contribution >= 0.6 is 15.9 Å². The predicted molar refractivity (Wildman–Crippen MR) is 57.2 cm³/mol. The number of halogens is 1. The molecule has 0 aromatic rings. The maximum absolute atomic E-state index is 11.5. The summed E-state index contributed by atoms with van der Waals surface area (Å²) >= 11 is 3.25. The third kappa shape index (κ3) is 2.47. The van der Waals surface area contributed by atoms with Gasteiger partial charge in [0.2, 0.25) is 11.8 Å². The van der Waals surface area contributed by atoms with Crippen molar-refractivity contribution in [1.29, 1.82) is 0 Å². The Morgan fingerprint density at radius 2 is 2.21 bits per heavy atom. The molecule has 0 aromatic carbocycles. The number of alkyl halides is 1. The molecule has 1 N–H and O–H groups in total. The van der Waals surface area contributed by atoms with Crippen LogP contribution < -0.4 is 5.32 Å². The fraction of sp³-hybridized carbons (Fsp3) is 0.778. The van der Waals surface area contributed by atoms with Crippen LogP contribution in [0, 0.1) is 0 Å². The van der Waals surface area contributed by atoms with Gasteiger partial charge in [-0.3, -0.25) is 9.59 Å². The summed E-state index contributed by atoms with van der Waals surface area (Å²) in [5, 5.41) is 2.72. The summed E-state index contributed by atoms with van der Waals surface area (Å²) in [6.07, 6.45) is 0.699. The summed E-state index contributed by atoms with van der Waals surface area (Å²) < 4.78 is -0.617. The normalized spacial score (nSPS) is 22.7. The molecule has 1 fully saturated rings. The van der Waals surface area contributed by atoms with Gasteiger partial charge in [0.15, 0.2) is 0 Å². The summed E-state index contributed by atoms with van der Waals surface area (Å²) in [6.45, 7) is 4.23. The molecule has 1 atom stereocenters. The number of amides is 2. The molecule has 1 rings (SSSR count). The molecule has 0 aromatic heterocycles. The first-order valence-corrected chi connectivity index (χ1v) is 5.36. The van der Waals surface area contributed by atoms with E-state index in [0.29, 0.717) is 13.0 Å². The molecule has 0 spiro atoms. The Bertz CT molecular complexity index is 260. The molecular weight excluding hydrogens is 248 g/mol. The average Bonchev–Trinajstić information content (AvgIpc) is 2.34. The van der Waals surface area contributed by atoms with E-state index in [1.54, 1.807) is 25.8 Å². The van der Waals surface area contributed by atoms with E-state index < -0.39 is 4.32 Å². The lowest BCUT2D eigenvalue weighted by atomic mass is 10.1. The van der Waals surface area contributed by atoms with Gasteiger partial charge in [-0.1, -0.05) is 15.9 Å². The number of rotatable bonds is 2. The topological polar surface area (TPSA) is 49.4 Å². The van der Waals surface area contributed by atoms with Crippen molar-refractivity contribution in [2.75, 3.05) is 13.6 Å². The molecule has 4 nitrogen and oxygen atoms in total. The lowest BCUT2D eigenvalue weighted by Crippen LogP contribution is -2.46. The van der Waals surface area contributed by atoms with Crippen molar-refractivity contribution in [2.45, 2.75) is 30.6 Å². The number of nitrogens with one attached hydrogen (secondary N) is 1. The van der Waals surface area contributed by atoms with Crippen molar-refractivity contribution in [3.8, 4) is 0 Å². The van der Waals surface area contributed by atoms with E-state index in [0.717, 1.165) is 0 Å². The van der Waals surface area contributed by atoms with Gasteiger partial charge in [0.05, 0.1) is 4.32 Å². The first kappa shape index (κ1) is 11.5. The summed E-state index contributed by atoms with van der Waals surface area (Å²) in [5.74, 6) is -0.152. The Morgan fingerprint density at radius 1 is 1.64 bits per heavy atom. The molecule has 1 aliphatic heterocycles. The largest absolute Gasteiger partial charge is 0.344 e. The molecule has 80 valence electrons. The highest BCUT2D eigenvalue weighted by Gasteiger charge is 2.33. The molecule has 1 unspecified atom stereocenters. The van der Waals surface area contributed by atoms with Crippen LogP contribution in [0.15, 0.2) is 0 Å². The van der Waals surface area contributed by atoms with Gasteiger partial charge in [0.1, 0.15) is 6.04 Å². The first-order chi connectivity index (χ1) is 6.32. The van der Waals surface area contributed by atoms with Crippen LogP contribution in [-0.2, 0) is 9.59 Å². The van der Waals surface area contributed by atoms with Crippen LogP contribution in [0.25, 0.3) is 0 Å². The lowest BCUT2D eigenvalue weighted by Gasteiger charge is -2.19. The van der Waals surface area contributed by atoms with Crippen LogP contribution in [0.2, 0.25) is 0 Å². The minimum atomic E-state index is -0.617. The molecule has 0 radical (unpaired) electrons. The van der Waals surface area contributed by atoms with Crippen molar-refractivity contribution < 1.29 is 9.59 Å². The van der Waals surface area contributed by atoms with Gasteiger partial charge in [-0.05, 0) is 20.3 Å². The third-order valence-electron chi connectivity index (χ3n) is 2.27. The number of hydrogen-bond acceptors (Lipinski definition) is 2. The van der Waals surface area contributed by atoms with Crippen molar-refractivity contribution in [2.24, 2.45) is 0 Å². The van der Waals surface area contributed by atoms with E-state index >= 15 is 0 Å². The van der Waals surface area contributed by atoms with Gasteiger partial charge in [-0.2, -0.15) is 0 Å². The summed E-state index contributed by atoms with van der Waals surface area (Å²) in [4.78, 5) is 24.6. The van der Waals surface area contributed by atoms with Crippen LogP contribution in [0.5, 0.6) is 0 Å². The van der Waals surface area contributed by atoms with Gasteiger partial charge in [0, 0.05) is 13.6 Å². The molecule has 1 aliphatic rings. The van der Waals surface area contributed by atoms with Crippen LogP contribution in [0.3, 0.4) is 0 Å². The highest BCUT2D eigenvalue weighted by atomic mass is 79.9. The highest BCUT2D eigenvalue weighted by Crippen LogP contribution is 2.17. The second kappa shape index (κ2) is 3.88. The SMILES string of the molecule is CN1CCC(NC(=O)C(C)(C)Br)C1=O. The van der Waals surface area contributed by atoms with E-state index in [2.05, 4.69) is 21.2 Å². The van der Waals surface area contributed by atoms with Gasteiger partial charge >= 0.3 is 0 Å². The predicted octanol–water partition coefficient (Wildman–Crippen LogP) is 0.507. The summed E-state index contributed by atoms with van der Waals surface area (Å²) in [6, 6.07) is -0.343. The third-order valence-corrected chi connectivity index (χ3v) is 2.63. The number of nitrogens with zero attached hydrogens (tertiary/aromatic N) is 1. The maximum atomic E-state index is 11.5. The second-order valence-corrected chi connectivity index (χ2v) is 6.03. The highest BCUT2D eigenvalue weighted by molar-refractivity contribution is 9.10. The zero-order valence-corrected chi connectivity index (χ0v) is 10.2. The number of likely N-dealkylation sites (N-methyl/N-ethyl adjacent to an activating group) is 1. The molecule has 0 aliphatic carbocycles. The zero-order valence-electron chi connectivity index (χ0n) is 8.63. The standard InChI is InChI=1S/C9H15BrN2O2/c1-9(2,10)8(14)11-6-4-5-12(3)7(6)13/h6H,4-5H2,1-3H3,(H,11,14). The number of likely N-dealkylation sites (tertiary alicyclic amines) is 1. The van der Waals surface area contributed by atoms with E-state index in [9.17, 15) is 9.59 Å². The first-order valence-electron chi connectivity index (χ1n) is 4.57.